The minimum absolute atomic E-state index is 0.0728. The van der Waals surface area contributed by atoms with E-state index in [-0.39, 0.29) is 18.0 Å². The quantitative estimate of drug-likeness (QED) is 0.846. The van der Waals surface area contributed by atoms with Crippen LogP contribution in [0.1, 0.15) is 5.56 Å². The van der Waals surface area contributed by atoms with Crippen molar-refractivity contribution < 1.29 is 8.78 Å². The van der Waals surface area contributed by atoms with Gasteiger partial charge in [-0.3, -0.25) is 0 Å². The van der Waals surface area contributed by atoms with Crippen molar-refractivity contribution in [3.05, 3.63) is 65.7 Å². The van der Waals surface area contributed by atoms with Gasteiger partial charge in [-0.2, -0.15) is 0 Å². The van der Waals surface area contributed by atoms with E-state index < -0.39 is 11.6 Å². The molecule has 0 aliphatic heterocycles. The van der Waals surface area contributed by atoms with E-state index >= 15 is 0 Å². The van der Waals surface area contributed by atoms with Gasteiger partial charge in [-0.1, -0.05) is 24.3 Å². The molecule has 1 atom stereocenters. The van der Waals surface area contributed by atoms with Crippen LogP contribution in [0, 0.1) is 11.6 Å². The third-order valence-electron chi connectivity index (χ3n) is 2.74. The normalized spacial score (nSPS) is 12.4. The molecule has 0 spiro atoms. The van der Waals surface area contributed by atoms with Gasteiger partial charge in [0.15, 0.2) is 0 Å². The molecule has 2 aromatic carbocycles. The Balaban J connectivity index is 1.93. The van der Waals surface area contributed by atoms with E-state index in [4.69, 9.17) is 5.73 Å². The molecule has 0 heterocycles. The maximum absolute atomic E-state index is 13.5. The predicted octanol–water partition coefficient (Wildman–Crippen LogP) is 3.63. The first-order valence-corrected chi connectivity index (χ1v) is 7.01. The maximum atomic E-state index is 13.5. The highest BCUT2D eigenvalue weighted by Gasteiger charge is 2.13. The van der Waals surface area contributed by atoms with E-state index in [0.29, 0.717) is 5.75 Å². The third-order valence-corrected chi connectivity index (χ3v) is 3.94. The lowest BCUT2D eigenvalue weighted by atomic mass is 10.1. The van der Waals surface area contributed by atoms with Gasteiger partial charge in [0.2, 0.25) is 0 Å². The maximum Gasteiger partial charge on any atom is 0.129 e. The molecule has 0 aliphatic rings. The number of benzene rings is 2. The molecule has 0 bridgehead atoms. The van der Waals surface area contributed by atoms with Crippen LogP contribution in [0.5, 0.6) is 0 Å². The van der Waals surface area contributed by atoms with Crippen molar-refractivity contribution in [1.29, 1.82) is 0 Å². The minimum Gasteiger partial charge on any atom is -0.327 e. The summed E-state index contributed by atoms with van der Waals surface area (Å²) in [6.45, 7) is 0. The van der Waals surface area contributed by atoms with Crippen molar-refractivity contribution in [3.8, 4) is 0 Å². The fourth-order valence-electron chi connectivity index (χ4n) is 1.77. The van der Waals surface area contributed by atoms with Gasteiger partial charge in [-0.05, 0) is 30.7 Å². The topological polar surface area (TPSA) is 26.0 Å². The Morgan fingerprint density at radius 3 is 2.21 bits per heavy atom. The van der Waals surface area contributed by atoms with E-state index in [2.05, 4.69) is 0 Å². The molecular weight excluding hydrogens is 264 g/mol. The van der Waals surface area contributed by atoms with Gasteiger partial charge in [0.25, 0.3) is 0 Å². The van der Waals surface area contributed by atoms with Crippen molar-refractivity contribution in [2.24, 2.45) is 5.73 Å². The monoisotopic (exact) mass is 279 g/mol. The van der Waals surface area contributed by atoms with E-state index in [1.807, 2.05) is 30.3 Å². The number of thioether (sulfide) groups is 1. The molecule has 4 heteroatoms. The summed E-state index contributed by atoms with van der Waals surface area (Å²) in [7, 11) is 0. The largest absolute Gasteiger partial charge is 0.327 e. The Kier molecular flexibility index (Phi) is 4.93. The van der Waals surface area contributed by atoms with Gasteiger partial charge >= 0.3 is 0 Å². The smallest absolute Gasteiger partial charge is 0.129 e. The molecule has 0 radical (unpaired) electrons. The summed E-state index contributed by atoms with van der Waals surface area (Å²) < 4.78 is 26.9. The first-order valence-electron chi connectivity index (χ1n) is 6.03. The van der Waals surface area contributed by atoms with E-state index in [0.717, 1.165) is 4.90 Å². The molecule has 0 saturated heterocycles. The van der Waals surface area contributed by atoms with Crippen LogP contribution in [0.3, 0.4) is 0 Å². The molecule has 0 saturated carbocycles. The van der Waals surface area contributed by atoms with Crippen LogP contribution in [0.4, 0.5) is 8.78 Å². The second kappa shape index (κ2) is 6.68. The molecule has 2 aromatic rings. The van der Waals surface area contributed by atoms with Gasteiger partial charge in [-0.25, -0.2) is 8.78 Å². The first kappa shape index (κ1) is 14.0. The summed E-state index contributed by atoms with van der Waals surface area (Å²) in [5, 5.41) is 0. The van der Waals surface area contributed by atoms with Crippen LogP contribution in [-0.4, -0.2) is 11.8 Å². The van der Waals surface area contributed by atoms with Crippen LogP contribution in [0.2, 0.25) is 0 Å². The van der Waals surface area contributed by atoms with Crippen molar-refractivity contribution in [1.82, 2.24) is 0 Å². The fraction of sp³-hybridized carbons (Fsp3) is 0.200. The van der Waals surface area contributed by atoms with Crippen molar-refractivity contribution in [2.75, 3.05) is 5.75 Å². The number of hydrogen-bond acceptors (Lipinski definition) is 2. The molecule has 19 heavy (non-hydrogen) atoms. The Bertz CT molecular complexity index is 511. The molecule has 0 fully saturated rings. The fourth-order valence-corrected chi connectivity index (χ4v) is 2.64. The number of rotatable bonds is 5. The Morgan fingerprint density at radius 1 is 0.947 bits per heavy atom. The minimum atomic E-state index is -0.528. The van der Waals surface area contributed by atoms with E-state index in [1.54, 1.807) is 11.8 Å². The molecular formula is C15H15F2NS. The molecule has 1 unspecified atom stereocenters. The van der Waals surface area contributed by atoms with Crippen LogP contribution >= 0.6 is 11.8 Å². The summed E-state index contributed by atoms with van der Waals surface area (Å²) in [5.74, 6) is -0.432. The SMILES string of the molecule is NC(CSc1ccccc1)Cc1c(F)cccc1F. The van der Waals surface area contributed by atoms with Crippen molar-refractivity contribution in [3.63, 3.8) is 0 Å². The standard InChI is InChI=1S/C15H15F2NS/c16-14-7-4-8-15(17)13(14)9-11(18)10-19-12-5-2-1-3-6-12/h1-8,11H,9-10,18H2. The molecule has 2 rings (SSSR count). The molecule has 2 N–H and O–H groups in total. The first-order chi connectivity index (χ1) is 9.16. The van der Waals surface area contributed by atoms with Gasteiger partial charge in [0, 0.05) is 22.3 Å². The van der Waals surface area contributed by atoms with Gasteiger partial charge in [-0.15, -0.1) is 11.8 Å². The lowest BCUT2D eigenvalue weighted by Gasteiger charge is -2.12. The van der Waals surface area contributed by atoms with Crippen molar-refractivity contribution in [2.45, 2.75) is 17.4 Å². The summed E-state index contributed by atoms with van der Waals surface area (Å²) in [4.78, 5) is 1.10. The second-order valence-corrected chi connectivity index (χ2v) is 5.38. The summed E-state index contributed by atoms with van der Waals surface area (Å²) in [6, 6.07) is 13.4. The summed E-state index contributed by atoms with van der Waals surface area (Å²) in [5.41, 5.74) is 6.01. The Hall–Kier alpha value is -1.39. The Morgan fingerprint density at radius 2 is 1.58 bits per heavy atom. The molecule has 100 valence electrons. The number of halogens is 2. The van der Waals surface area contributed by atoms with Crippen LogP contribution in [0.25, 0.3) is 0 Å². The van der Waals surface area contributed by atoms with Gasteiger partial charge in [0.05, 0.1) is 0 Å². The lowest BCUT2D eigenvalue weighted by Crippen LogP contribution is -2.26. The highest BCUT2D eigenvalue weighted by atomic mass is 32.2. The average molecular weight is 279 g/mol. The summed E-state index contributed by atoms with van der Waals surface area (Å²) in [6.07, 6.45) is 0.207. The van der Waals surface area contributed by atoms with E-state index in [9.17, 15) is 8.78 Å². The van der Waals surface area contributed by atoms with Crippen LogP contribution < -0.4 is 5.73 Å². The lowest BCUT2D eigenvalue weighted by molar-refractivity contribution is 0.543. The molecule has 0 aromatic heterocycles. The average Bonchev–Trinajstić information content (AvgIpc) is 2.42. The number of nitrogens with two attached hydrogens (primary N) is 1. The van der Waals surface area contributed by atoms with Gasteiger partial charge in [0.1, 0.15) is 11.6 Å². The highest BCUT2D eigenvalue weighted by Crippen LogP contribution is 2.20. The highest BCUT2D eigenvalue weighted by molar-refractivity contribution is 7.99. The zero-order chi connectivity index (χ0) is 13.7. The predicted molar refractivity (Wildman–Crippen MR) is 75.2 cm³/mol. The zero-order valence-corrected chi connectivity index (χ0v) is 11.2. The summed E-state index contributed by atoms with van der Waals surface area (Å²) >= 11 is 1.59. The zero-order valence-electron chi connectivity index (χ0n) is 10.4. The molecule has 0 aliphatic carbocycles. The Labute approximate surface area is 115 Å². The molecule has 0 amide bonds. The number of hydrogen-bond donors (Lipinski definition) is 1. The van der Waals surface area contributed by atoms with Crippen LogP contribution in [0.15, 0.2) is 53.4 Å². The van der Waals surface area contributed by atoms with Crippen LogP contribution in [-0.2, 0) is 6.42 Å². The second-order valence-electron chi connectivity index (χ2n) is 4.29. The third kappa shape index (κ3) is 4.04. The molecule has 1 nitrogen and oxygen atoms in total. The van der Waals surface area contributed by atoms with Gasteiger partial charge < -0.3 is 5.73 Å². The van der Waals surface area contributed by atoms with Crippen molar-refractivity contribution >= 4 is 11.8 Å². The van der Waals surface area contributed by atoms with E-state index in [1.165, 1.54) is 18.2 Å².